The predicted octanol–water partition coefficient (Wildman–Crippen LogP) is 0.664. The Hall–Kier alpha value is -1.77. The molecule has 0 saturated carbocycles. The average molecular weight is 312 g/mol. The van der Waals surface area contributed by atoms with Crippen molar-refractivity contribution in [3.63, 3.8) is 0 Å². The van der Waals surface area contributed by atoms with Crippen molar-refractivity contribution in [1.29, 1.82) is 0 Å². The number of amides is 1. The zero-order valence-electron chi connectivity index (χ0n) is 11.6. The second kappa shape index (κ2) is 5.21. The Kier molecular flexibility index (Phi) is 3.87. The van der Waals surface area contributed by atoms with Crippen molar-refractivity contribution in [3.8, 4) is 0 Å². The highest BCUT2D eigenvalue weighted by Gasteiger charge is 2.54. The molecular weight excluding hydrogens is 296 g/mol. The fourth-order valence-corrected chi connectivity index (χ4v) is 3.08. The first-order valence-electron chi connectivity index (χ1n) is 6.24. The molecule has 2 N–H and O–H groups in total. The van der Waals surface area contributed by atoms with Crippen LogP contribution in [0.5, 0.6) is 0 Å². The smallest absolute Gasteiger partial charge is 0.273 e. The lowest BCUT2D eigenvalue weighted by molar-refractivity contribution is -0.120. The fraction of sp³-hybridized carbons (Fsp3) is 0.385. The number of para-hydroxylation sites is 1. The van der Waals surface area contributed by atoms with E-state index in [2.05, 4.69) is 5.10 Å². The molecule has 0 spiro atoms. The van der Waals surface area contributed by atoms with Crippen molar-refractivity contribution in [2.45, 2.75) is 18.6 Å². The lowest BCUT2D eigenvalue weighted by Crippen LogP contribution is -2.52. The second-order valence-electron chi connectivity index (χ2n) is 5.11. The number of nitrogens with zero attached hydrogens (tertiary/aromatic N) is 2. The van der Waals surface area contributed by atoms with Crippen LogP contribution in [0.1, 0.15) is 13.8 Å². The average Bonchev–Trinajstić information content (AvgIpc) is 2.73. The lowest BCUT2D eigenvalue weighted by atomic mass is 9.89. The molecule has 1 amide bonds. The van der Waals surface area contributed by atoms with Gasteiger partial charge in [-0.25, -0.2) is 5.01 Å². The minimum Gasteiger partial charge on any atom is -0.395 e. The van der Waals surface area contributed by atoms with E-state index >= 15 is 0 Å². The largest absolute Gasteiger partial charge is 0.395 e. The monoisotopic (exact) mass is 312 g/mol. The third-order valence-electron chi connectivity index (χ3n) is 3.65. The summed E-state index contributed by atoms with van der Waals surface area (Å²) in [6, 6.07) is 8.51. The number of hydrogen-bond donors (Lipinski definition) is 2. The van der Waals surface area contributed by atoms with Gasteiger partial charge in [-0.3, -0.25) is 9.35 Å². The highest BCUT2D eigenvalue weighted by molar-refractivity contribution is 7.87. The van der Waals surface area contributed by atoms with Gasteiger partial charge in [-0.2, -0.15) is 13.5 Å². The van der Waals surface area contributed by atoms with Crippen LogP contribution in [-0.2, 0) is 14.9 Å². The van der Waals surface area contributed by atoms with Crippen molar-refractivity contribution >= 4 is 27.4 Å². The van der Waals surface area contributed by atoms with Gasteiger partial charge in [0.1, 0.15) is 10.7 Å². The summed E-state index contributed by atoms with van der Waals surface area (Å²) in [5, 5.41) is 14.6. The number of anilines is 1. The minimum atomic E-state index is -4.65. The number of carbonyl (C=O) groups excluding carboxylic acids is 1. The standard InChI is InChI=1S/C13H16N2O5S/c1-9-11(13(2,8-16)21(18,19)20)12(17)15(14-9)10-6-4-3-5-7-10/h3-7,11,16H,8H2,1-2H3,(H,18,19,20)/t11-,13+/m0/s1. The Morgan fingerprint density at radius 1 is 1.33 bits per heavy atom. The molecule has 1 aromatic carbocycles. The Bertz CT molecular complexity index is 686. The van der Waals surface area contributed by atoms with Gasteiger partial charge in [-0.1, -0.05) is 18.2 Å². The molecule has 0 radical (unpaired) electrons. The molecule has 2 atom stereocenters. The third kappa shape index (κ3) is 2.45. The SMILES string of the molecule is CC1=NN(c2ccccc2)C(=O)[C@H]1[C@@](C)(CO)S(=O)(=O)O. The molecule has 114 valence electrons. The molecule has 1 aliphatic heterocycles. The summed E-state index contributed by atoms with van der Waals surface area (Å²) < 4.78 is 30.5. The van der Waals surface area contributed by atoms with Crippen LogP contribution in [-0.4, -0.2) is 41.0 Å². The summed E-state index contributed by atoms with van der Waals surface area (Å²) in [5.74, 6) is -1.84. The Morgan fingerprint density at radius 2 is 1.90 bits per heavy atom. The van der Waals surface area contributed by atoms with Gasteiger partial charge >= 0.3 is 0 Å². The molecule has 0 aromatic heterocycles. The van der Waals surface area contributed by atoms with Gasteiger partial charge in [-0.15, -0.1) is 0 Å². The molecule has 2 rings (SSSR count). The minimum absolute atomic E-state index is 0.220. The second-order valence-corrected chi connectivity index (χ2v) is 6.99. The molecule has 21 heavy (non-hydrogen) atoms. The molecule has 0 saturated heterocycles. The number of carbonyl (C=O) groups is 1. The molecule has 1 aromatic rings. The molecular formula is C13H16N2O5S. The molecule has 1 aliphatic rings. The molecule has 0 bridgehead atoms. The van der Waals surface area contributed by atoms with Crippen LogP contribution in [0, 0.1) is 5.92 Å². The number of aliphatic hydroxyl groups excluding tert-OH is 1. The van der Waals surface area contributed by atoms with Crippen molar-refractivity contribution in [2.24, 2.45) is 11.0 Å². The van der Waals surface area contributed by atoms with Crippen LogP contribution in [0.2, 0.25) is 0 Å². The zero-order valence-corrected chi connectivity index (χ0v) is 12.4. The quantitative estimate of drug-likeness (QED) is 0.794. The van der Waals surface area contributed by atoms with E-state index in [1.165, 1.54) is 6.92 Å². The number of aliphatic hydroxyl groups is 1. The summed E-state index contributed by atoms with van der Waals surface area (Å²) in [4.78, 5) is 12.5. The topological polar surface area (TPSA) is 107 Å². The van der Waals surface area contributed by atoms with Gasteiger partial charge in [0.2, 0.25) is 0 Å². The first-order valence-corrected chi connectivity index (χ1v) is 7.68. The van der Waals surface area contributed by atoms with Gasteiger partial charge in [0, 0.05) is 0 Å². The van der Waals surface area contributed by atoms with Gasteiger partial charge in [-0.05, 0) is 26.0 Å². The van der Waals surface area contributed by atoms with Gasteiger partial charge < -0.3 is 5.11 Å². The van der Waals surface area contributed by atoms with Crippen molar-refractivity contribution in [1.82, 2.24) is 0 Å². The van der Waals surface area contributed by atoms with Crippen molar-refractivity contribution in [2.75, 3.05) is 11.6 Å². The van der Waals surface area contributed by atoms with E-state index in [4.69, 9.17) is 0 Å². The maximum Gasteiger partial charge on any atom is 0.273 e. The maximum atomic E-state index is 12.5. The number of hydrazone groups is 1. The summed E-state index contributed by atoms with van der Waals surface area (Å²) in [6.07, 6.45) is 0. The van der Waals surface area contributed by atoms with E-state index in [1.54, 1.807) is 30.3 Å². The Morgan fingerprint density at radius 3 is 2.38 bits per heavy atom. The molecule has 8 heteroatoms. The highest BCUT2D eigenvalue weighted by atomic mass is 32.2. The third-order valence-corrected chi connectivity index (χ3v) is 5.19. The fourth-order valence-electron chi connectivity index (χ4n) is 2.34. The van der Waals surface area contributed by atoms with Gasteiger partial charge in [0.15, 0.2) is 0 Å². The van der Waals surface area contributed by atoms with Crippen molar-refractivity contribution in [3.05, 3.63) is 30.3 Å². The van der Waals surface area contributed by atoms with Crippen LogP contribution in [0.4, 0.5) is 5.69 Å². The summed E-state index contributed by atoms with van der Waals surface area (Å²) in [5.41, 5.74) is 0.706. The summed E-state index contributed by atoms with van der Waals surface area (Å²) >= 11 is 0. The van der Waals surface area contributed by atoms with Gasteiger partial charge in [0.05, 0.1) is 18.0 Å². The highest BCUT2D eigenvalue weighted by Crippen LogP contribution is 2.34. The van der Waals surface area contributed by atoms with E-state index in [1.807, 2.05) is 0 Å². The van der Waals surface area contributed by atoms with Crippen molar-refractivity contribution < 1.29 is 22.9 Å². The molecule has 0 fully saturated rings. The van der Waals surface area contributed by atoms with Crippen LogP contribution in [0.25, 0.3) is 0 Å². The number of hydrogen-bond acceptors (Lipinski definition) is 5. The molecule has 7 nitrogen and oxygen atoms in total. The summed E-state index contributed by atoms with van der Waals surface area (Å²) in [7, 11) is -4.65. The van der Waals surface area contributed by atoms with E-state index in [0.717, 1.165) is 11.9 Å². The zero-order chi connectivity index (χ0) is 15.8. The lowest BCUT2D eigenvalue weighted by Gasteiger charge is -2.29. The van der Waals surface area contributed by atoms with E-state index < -0.39 is 33.3 Å². The molecule has 0 aliphatic carbocycles. The van der Waals surface area contributed by atoms with E-state index in [0.29, 0.717) is 5.69 Å². The predicted molar refractivity (Wildman–Crippen MR) is 77.6 cm³/mol. The van der Waals surface area contributed by atoms with Crippen LogP contribution in [0.3, 0.4) is 0 Å². The number of rotatable bonds is 4. The van der Waals surface area contributed by atoms with Crippen LogP contribution >= 0.6 is 0 Å². The Balaban J connectivity index is 2.46. The van der Waals surface area contributed by atoms with Gasteiger partial charge in [0.25, 0.3) is 16.0 Å². The normalized spacial score (nSPS) is 22.1. The molecule has 0 unspecified atom stereocenters. The summed E-state index contributed by atoms with van der Waals surface area (Å²) in [6.45, 7) is 1.72. The van der Waals surface area contributed by atoms with Crippen LogP contribution < -0.4 is 5.01 Å². The van der Waals surface area contributed by atoms with Crippen LogP contribution in [0.15, 0.2) is 35.4 Å². The Labute approximate surface area is 122 Å². The van der Waals surface area contributed by atoms with E-state index in [-0.39, 0.29) is 5.71 Å². The first-order chi connectivity index (χ1) is 9.72. The number of benzene rings is 1. The molecule has 1 heterocycles. The first kappa shape index (κ1) is 15.6. The maximum absolute atomic E-state index is 12.5. The van der Waals surface area contributed by atoms with E-state index in [9.17, 15) is 22.9 Å².